The number of anilines is 1. The van der Waals surface area contributed by atoms with Crippen LogP contribution in [0.3, 0.4) is 0 Å². The molecule has 2 amide bonds. The molecule has 7 nitrogen and oxygen atoms in total. The maximum Gasteiger partial charge on any atom is 0.261 e. The van der Waals surface area contributed by atoms with E-state index in [-0.39, 0.29) is 30.3 Å². The van der Waals surface area contributed by atoms with Gasteiger partial charge in [-0.05, 0) is 36.2 Å². The van der Waals surface area contributed by atoms with Gasteiger partial charge in [0.05, 0.1) is 23.7 Å². The fraction of sp³-hybridized carbons (Fsp3) is 0.200. The van der Waals surface area contributed by atoms with Gasteiger partial charge in [0.25, 0.3) is 5.56 Å². The van der Waals surface area contributed by atoms with E-state index in [1.54, 1.807) is 43.4 Å². The van der Waals surface area contributed by atoms with Crippen LogP contribution in [0, 0.1) is 6.92 Å². The molecule has 3 rings (SSSR count). The molecule has 7 heteroatoms. The molecule has 1 heterocycles. The lowest BCUT2D eigenvalue weighted by molar-refractivity contribution is -0.120. The summed E-state index contributed by atoms with van der Waals surface area (Å²) in [6.07, 6.45) is 1.67. The van der Waals surface area contributed by atoms with E-state index >= 15 is 0 Å². The van der Waals surface area contributed by atoms with Gasteiger partial charge in [-0.2, -0.15) is 0 Å². The Balaban J connectivity index is 1.71. The first-order chi connectivity index (χ1) is 13.0. The van der Waals surface area contributed by atoms with Crippen molar-refractivity contribution in [2.45, 2.75) is 19.9 Å². The molecule has 2 aromatic carbocycles. The Morgan fingerprint density at radius 1 is 1.07 bits per heavy atom. The number of aromatic nitrogens is 2. The fourth-order valence-electron chi connectivity index (χ4n) is 2.79. The predicted octanol–water partition coefficient (Wildman–Crippen LogP) is 1.63. The van der Waals surface area contributed by atoms with Crippen LogP contribution in [0.1, 0.15) is 11.1 Å². The summed E-state index contributed by atoms with van der Waals surface area (Å²) in [6, 6.07) is 12.4. The standard InChI is InChI=1S/C20H20N4O3/c1-13-4-3-5-16-19(13)22-12-24(20(16)27)11-18(26)23-15-8-6-14(7-9-15)10-17(25)21-2/h3-9,12H,10-11H2,1-2H3,(H,21,25)(H,23,26). The van der Waals surface area contributed by atoms with Gasteiger partial charge in [0, 0.05) is 12.7 Å². The molecule has 138 valence electrons. The van der Waals surface area contributed by atoms with Gasteiger partial charge in [-0.15, -0.1) is 0 Å². The number of nitrogens with zero attached hydrogens (tertiary/aromatic N) is 2. The zero-order chi connectivity index (χ0) is 19.4. The molecule has 0 bridgehead atoms. The van der Waals surface area contributed by atoms with Gasteiger partial charge in [0.2, 0.25) is 11.8 Å². The van der Waals surface area contributed by atoms with E-state index in [1.165, 1.54) is 10.9 Å². The number of likely N-dealkylation sites (N-methyl/N-ethyl adjacent to an activating group) is 1. The Morgan fingerprint density at radius 2 is 1.81 bits per heavy atom. The quantitative estimate of drug-likeness (QED) is 0.720. The lowest BCUT2D eigenvalue weighted by Gasteiger charge is -2.09. The average molecular weight is 364 g/mol. The minimum atomic E-state index is -0.329. The second-order valence-electron chi connectivity index (χ2n) is 6.24. The van der Waals surface area contributed by atoms with Crippen molar-refractivity contribution in [3.63, 3.8) is 0 Å². The van der Waals surface area contributed by atoms with E-state index in [0.717, 1.165) is 11.1 Å². The van der Waals surface area contributed by atoms with Gasteiger partial charge < -0.3 is 10.6 Å². The molecule has 27 heavy (non-hydrogen) atoms. The number of hydrogen-bond acceptors (Lipinski definition) is 4. The van der Waals surface area contributed by atoms with Gasteiger partial charge >= 0.3 is 0 Å². The van der Waals surface area contributed by atoms with E-state index in [9.17, 15) is 14.4 Å². The summed E-state index contributed by atoms with van der Waals surface area (Å²) in [7, 11) is 1.59. The first-order valence-corrected chi connectivity index (χ1v) is 8.52. The van der Waals surface area contributed by atoms with E-state index in [0.29, 0.717) is 16.6 Å². The number of nitrogens with one attached hydrogen (secondary N) is 2. The molecule has 0 saturated carbocycles. The highest BCUT2D eigenvalue weighted by molar-refractivity contribution is 5.91. The zero-order valence-corrected chi connectivity index (χ0v) is 15.2. The molecule has 2 N–H and O–H groups in total. The highest BCUT2D eigenvalue weighted by Gasteiger charge is 2.10. The van der Waals surface area contributed by atoms with Crippen molar-refractivity contribution in [1.82, 2.24) is 14.9 Å². The topological polar surface area (TPSA) is 93.1 Å². The molecule has 0 aliphatic rings. The summed E-state index contributed by atoms with van der Waals surface area (Å²) >= 11 is 0. The van der Waals surface area contributed by atoms with Gasteiger partial charge in [0.1, 0.15) is 6.54 Å². The third kappa shape index (κ3) is 4.20. The average Bonchev–Trinajstić information content (AvgIpc) is 2.66. The number of benzene rings is 2. The summed E-state index contributed by atoms with van der Waals surface area (Å²) in [5.41, 5.74) is 2.75. The number of para-hydroxylation sites is 1. The van der Waals surface area contributed by atoms with Crippen molar-refractivity contribution in [3.05, 3.63) is 70.3 Å². The maximum absolute atomic E-state index is 12.5. The number of rotatable bonds is 5. The summed E-state index contributed by atoms with van der Waals surface area (Å²) in [6.45, 7) is 1.76. The lowest BCUT2D eigenvalue weighted by Crippen LogP contribution is -2.28. The van der Waals surface area contributed by atoms with Gasteiger partial charge in [-0.3, -0.25) is 19.0 Å². The largest absolute Gasteiger partial charge is 0.359 e. The number of hydrogen-bond donors (Lipinski definition) is 2. The first-order valence-electron chi connectivity index (χ1n) is 8.52. The molecule has 0 radical (unpaired) electrons. The lowest BCUT2D eigenvalue weighted by atomic mass is 10.1. The Labute approximate surface area is 156 Å². The third-order valence-corrected chi connectivity index (χ3v) is 4.25. The van der Waals surface area contributed by atoms with Crippen LogP contribution in [0.15, 0.2) is 53.6 Å². The Hall–Kier alpha value is -3.48. The van der Waals surface area contributed by atoms with Crippen LogP contribution >= 0.6 is 0 Å². The maximum atomic E-state index is 12.5. The molecule has 0 fully saturated rings. The molecular formula is C20H20N4O3. The summed E-state index contributed by atoms with van der Waals surface area (Å²) in [4.78, 5) is 40.5. The van der Waals surface area contributed by atoms with Crippen LogP contribution in [0.4, 0.5) is 5.69 Å². The zero-order valence-electron chi connectivity index (χ0n) is 15.2. The van der Waals surface area contributed by atoms with Crippen molar-refractivity contribution in [1.29, 1.82) is 0 Å². The smallest absolute Gasteiger partial charge is 0.261 e. The van der Waals surface area contributed by atoms with Crippen molar-refractivity contribution < 1.29 is 9.59 Å². The van der Waals surface area contributed by atoms with Crippen molar-refractivity contribution in [2.24, 2.45) is 0 Å². The van der Waals surface area contributed by atoms with Crippen LogP contribution < -0.4 is 16.2 Å². The number of carbonyl (C=O) groups is 2. The van der Waals surface area contributed by atoms with Gasteiger partial charge in [0.15, 0.2) is 0 Å². The molecule has 3 aromatic rings. The SMILES string of the molecule is CNC(=O)Cc1ccc(NC(=O)Cn2cnc3c(C)cccc3c2=O)cc1. The number of amides is 2. The monoisotopic (exact) mass is 364 g/mol. The van der Waals surface area contributed by atoms with Crippen molar-refractivity contribution in [3.8, 4) is 0 Å². The van der Waals surface area contributed by atoms with E-state index in [1.807, 2.05) is 13.0 Å². The van der Waals surface area contributed by atoms with Crippen LogP contribution in [0.2, 0.25) is 0 Å². The summed E-state index contributed by atoms with van der Waals surface area (Å²) in [5.74, 6) is -0.407. The predicted molar refractivity (Wildman–Crippen MR) is 104 cm³/mol. The van der Waals surface area contributed by atoms with E-state index < -0.39 is 0 Å². The number of carbonyl (C=O) groups excluding carboxylic acids is 2. The van der Waals surface area contributed by atoms with E-state index in [2.05, 4.69) is 15.6 Å². The molecule has 0 spiro atoms. The normalized spacial score (nSPS) is 10.6. The van der Waals surface area contributed by atoms with Gasteiger partial charge in [-0.1, -0.05) is 24.3 Å². The van der Waals surface area contributed by atoms with Crippen molar-refractivity contribution in [2.75, 3.05) is 12.4 Å². The van der Waals surface area contributed by atoms with E-state index in [4.69, 9.17) is 0 Å². The third-order valence-electron chi connectivity index (χ3n) is 4.25. The number of aryl methyl sites for hydroxylation is 1. The van der Waals surface area contributed by atoms with Crippen molar-refractivity contribution >= 4 is 28.4 Å². The number of fused-ring (bicyclic) bond motifs is 1. The minimum absolute atomic E-state index is 0.0785. The molecule has 0 saturated heterocycles. The second-order valence-corrected chi connectivity index (χ2v) is 6.24. The van der Waals surface area contributed by atoms with Crippen LogP contribution in [-0.2, 0) is 22.6 Å². The Morgan fingerprint density at radius 3 is 2.52 bits per heavy atom. The highest BCUT2D eigenvalue weighted by atomic mass is 16.2. The molecule has 0 atom stereocenters. The Kier molecular flexibility index (Phi) is 5.30. The van der Waals surface area contributed by atoms with Crippen LogP contribution in [0.5, 0.6) is 0 Å². The molecule has 0 unspecified atom stereocenters. The molecule has 0 aliphatic heterocycles. The Bertz CT molecular complexity index is 1060. The fourth-order valence-corrected chi connectivity index (χ4v) is 2.79. The second kappa shape index (κ2) is 7.82. The molecule has 1 aromatic heterocycles. The summed E-state index contributed by atoms with van der Waals surface area (Å²) in [5, 5.41) is 5.80. The molecule has 0 aliphatic carbocycles. The first kappa shape index (κ1) is 18.3. The van der Waals surface area contributed by atoms with Gasteiger partial charge in [-0.25, -0.2) is 4.98 Å². The summed E-state index contributed by atoms with van der Waals surface area (Å²) < 4.78 is 1.29. The molecular weight excluding hydrogens is 344 g/mol. The van der Waals surface area contributed by atoms with Crippen LogP contribution in [-0.4, -0.2) is 28.4 Å². The highest BCUT2D eigenvalue weighted by Crippen LogP contribution is 2.12. The van der Waals surface area contributed by atoms with Crippen LogP contribution in [0.25, 0.3) is 10.9 Å². The minimum Gasteiger partial charge on any atom is -0.359 e.